The zero-order chi connectivity index (χ0) is 15.9. The Kier molecular flexibility index (Phi) is 5.14. The second-order valence-electron chi connectivity index (χ2n) is 4.38. The predicted molar refractivity (Wildman–Crippen MR) is 81.4 cm³/mol. The lowest BCUT2D eigenvalue weighted by molar-refractivity contribution is 0.300. The molecule has 0 saturated carbocycles. The number of benzene rings is 2. The highest BCUT2D eigenvalue weighted by atomic mass is 35.5. The van der Waals surface area contributed by atoms with Crippen LogP contribution >= 0.6 is 11.6 Å². The molecule has 108 valence electrons. The van der Waals surface area contributed by atoms with Gasteiger partial charge in [0.2, 0.25) is 0 Å². The molecule has 22 heavy (non-hydrogen) atoms. The molecule has 2 aromatic rings. The van der Waals surface area contributed by atoms with Crippen molar-refractivity contribution in [3.05, 3.63) is 70.0 Å². The van der Waals surface area contributed by atoms with Gasteiger partial charge in [-0.25, -0.2) is 4.39 Å². The Morgan fingerprint density at radius 1 is 1.14 bits per heavy atom. The lowest BCUT2D eigenvalue weighted by Gasteiger charge is -2.07. The number of nitrogens with zero attached hydrogens (tertiary/aromatic N) is 2. The summed E-state index contributed by atoms with van der Waals surface area (Å²) in [6, 6.07) is 14.8. The minimum atomic E-state index is -0.417. The lowest BCUT2D eigenvalue weighted by atomic mass is 10.1. The van der Waals surface area contributed by atoms with Crippen LogP contribution in [0.25, 0.3) is 6.08 Å². The van der Waals surface area contributed by atoms with Crippen LogP contribution in [-0.2, 0) is 6.61 Å². The Labute approximate surface area is 132 Å². The van der Waals surface area contributed by atoms with Crippen molar-refractivity contribution >= 4 is 17.7 Å². The number of rotatable bonds is 4. The van der Waals surface area contributed by atoms with E-state index < -0.39 is 5.82 Å². The zero-order valence-electron chi connectivity index (χ0n) is 11.4. The van der Waals surface area contributed by atoms with Gasteiger partial charge in [0.25, 0.3) is 0 Å². The van der Waals surface area contributed by atoms with Crippen LogP contribution in [0.3, 0.4) is 0 Å². The molecule has 0 aromatic heterocycles. The Hall–Kier alpha value is -2.82. The van der Waals surface area contributed by atoms with E-state index in [0.717, 1.165) is 0 Å². The molecule has 0 fully saturated rings. The van der Waals surface area contributed by atoms with E-state index in [4.69, 9.17) is 26.9 Å². The Balaban J connectivity index is 2.05. The molecule has 0 heterocycles. The molecule has 5 heteroatoms. The molecule has 0 bridgehead atoms. The molecule has 2 aromatic carbocycles. The highest BCUT2D eigenvalue weighted by molar-refractivity contribution is 6.30. The first-order valence-electron chi connectivity index (χ1n) is 6.31. The van der Waals surface area contributed by atoms with Crippen molar-refractivity contribution in [2.45, 2.75) is 6.61 Å². The van der Waals surface area contributed by atoms with Gasteiger partial charge in [0.1, 0.15) is 35.9 Å². The maximum atomic E-state index is 13.6. The monoisotopic (exact) mass is 312 g/mol. The van der Waals surface area contributed by atoms with Crippen LogP contribution in [0.1, 0.15) is 11.1 Å². The third-order valence-corrected chi connectivity index (χ3v) is 3.08. The molecule has 0 aliphatic heterocycles. The van der Waals surface area contributed by atoms with Crippen LogP contribution < -0.4 is 4.74 Å². The highest BCUT2D eigenvalue weighted by Gasteiger charge is 2.04. The fourth-order valence-corrected chi connectivity index (χ4v) is 1.88. The number of hydrogen-bond acceptors (Lipinski definition) is 3. The Morgan fingerprint density at radius 2 is 1.82 bits per heavy atom. The van der Waals surface area contributed by atoms with Gasteiger partial charge in [0.05, 0.1) is 0 Å². The first-order chi connectivity index (χ1) is 10.6. The summed E-state index contributed by atoms with van der Waals surface area (Å²) < 4.78 is 19.1. The van der Waals surface area contributed by atoms with Gasteiger partial charge in [0, 0.05) is 10.6 Å². The minimum Gasteiger partial charge on any atom is -0.489 e. The summed E-state index contributed by atoms with van der Waals surface area (Å²) in [5.41, 5.74) is 1.14. The van der Waals surface area contributed by atoms with Crippen LogP contribution in [0, 0.1) is 28.5 Å². The molecule has 0 spiro atoms. The maximum Gasteiger partial charge on any atom is 0.131 e. The quantitative estimate of drug-likeness (QED) is 0.782. The van der Waals surface area contributed by atoms with Gasteiger partial charge < -0.3 is 4.74 Å². The van der Waals surface area contributed by atoms with Crippen molar-refractivity contribution in [1.29, 1.82) is 10.5 Å². The number of allylic oxidation sites excluding steroid dienone is 1. The Morgan fingerprint density at radius 3 is 2.41 bits per heavy atom. The molecule has 0 aliphatic carbocycles. The van der Waals surface area contributed by atoms with Crippen molar-refractivity contribution in [2.24, 2.45) is 0 Å². The number of ether oxygens (including phenoxy) is 1. The molecular weight excluding hydrogens is 303 g/mol. The van der Waals surface area contributed by atoms with Crippen molar-refractivity contribution < 1.29 is 9.13 Å². The molecule has 0 saturated heterocycles. The lowest BCUT2D eigenvalue weighted by Crippen LogP contribution is -1.98. The van der Waals surface area contributed by atoms with Gasteiger partial charge >= 0.3 is 0 Å². The van der Waals surface area contributed by atoms with Gasteiger partial charge in [-0.1, -0.05) is 29.8 Å². The first kappa shape index (κ1) is 15.6. The van der Waals surface area contributed by atoms with Crippen LogP contribution in [0.5, 0.6) is 5.75 Å². The smallest absolute Gasteiger partial charge is 0.131 e. The maximum absolute atomic E-state index is 13.6. The highest BCUT2D eigenvalue weighted by Crippen LogP contribution is 2.19. The molecule has 0 amide bonds. The standard InChI is InChI=1S/C17H10ClFN2O/c18-15-4-3-14(17(19)8-15)11-22-16-5-1-12(2-6-16)7-13(9-20)10-21/h1-8H,11H2. The molecule has 2 rings (SSSR count). The molecular formula is C17H10ClFN2O. The van der Waals surface area contributed by atoms with E-state index in [1.165, 1.54) is 12.1 Å². The second-order valence-corrected chi connectivity index (χ2v) is 4.81. The van der Waals surface area contributed by atoms with E-state index in [2.05, 4.69) is 0 Å². The summed E-state index contributed by atoms with van der Waals surface area (Å²) in [6.45, 7) is 0.0832. The SMILES string of the molecule is N#CC(C#N)=Cc1ccc(OCc2ccc(Cl)cc2F)cc1. The first-order valence-corrected chi connectivity index (χ1v) is 6.69. The number of hydrogen-bond donors (Lipinski definition) is 0. The Bertz CT molecular complexity index is 770. The van der Waals surface area contributed by atoms with E-state index in [1.54, 1.807) is 48.5 Å². The van der Waals surface area contributed by atoms with E-state index in [-0.39, 0.29) is 12.2 Å². The van der Waals surface area contributed by atoms with Crippen molar-refractivity contribution in [3.8, 4) is 17.9 Å². The predicted octanol–water partition coefficient (Wildman–Crippen LogP) is 4.49. The summed E-state index contributed by atoms with van der Waals surface area (Å²) in [6.07, 6.45) is 1.47. The fourth-order valence-electron chi connectivity index (χ4n) is 1.72. The van der Waals surface area contributed by atoms with E-state index in [1.807, 2.05) is 0 Å². The third kappa shape index (κ3) is 4.09. The summed E-state index contributed by atoms with van der Waals surface area (Å²) >= 11 is 5.68. The molecule has 0 aliphatic rings. The van der Waals surface area contributed by atoms with Crippen LogP contribution in [-0.4, -0.2) is 0 Å². The molecule has 0 atom stereocenters. The summed E-state index contributed by atoms with van der Waals surface area (Å²) in [7, 11) is 0. The average Bonchev–Trinajstić information content (AvgIpc) is 2.53. The van der Waals surface area contributed by atoms with Gasteiger partial charge in [-0.05, 0) is 35.9 Å². The van der Waals surface area contributed by atoms with Gasteiger partial charge in [-0.2, -0.15) is 10.5 Å². The summed E-state index contributed by atoms with van der Waals surface area (Å²) in [4.78, 5) is 0. The van der Waals surface area contributed by atoms with Gasteiger partial charge in [-0.15, -0.1) is 0 Å². The molecule has 0 unspecified atom stereocenters. The van der Waals surface area contributed by atoms with Crippen LogP contribution in [0.15, 0.2) is 48.0 Å². The zero-order valence-corrected chi connectivity index (χ0v) is 12.1. The largest absolute Gasteiger partial charge is 0.489 e. The second kappa shape index (κ2) is 7.26. The molecule has 0 radical (unpaired) electrons. The summed E-state index contributed by atoms with van der Waals surface area (Å²) in [5, 5.41) is 17.7. The minimum absolute atomic E-state index is 0.0249. The van der Waals surface area contributed by atoms with Crippen molar-refractivity contribution in [3.63, 3.8) is 0 Å². The molecule has 0 N–H and O–H groups in total. The van der Waals surface area contributed by atoms with Crippen molar-refractivity contribution in [2.75, 3.05) is 0 Å². The third-order valence-electron chi connectivity index (χ3n) is 2.84. The number of nitriles is 2. The van der Waals surface area contributed by atoms with Gasteiger partial charge in [0.15, 0.2) is 0 Å². The topological polar surface area (TPSA) is 56.8 Å². The fraction of sp³-hybridized carbons (Fsp3) is 0.0588. The van der Waals surface area contributed by atoms with E-state index in [9.17, 15) is 4.39 Å². The van der Waals surface area contributed by atoms with Crippen LogP contribution in [0.4, 0.5) is 4.39 Å². The van der Waals surface area contributed by atoms with Crippen molar-refractivity contribution in [1.82, 2.24) is 0 Å². The van der Waals surface area contributed by atoms with E-state index >= 15 is 0 Å². The summed E-state index contributed by atoms with van der Waals surface area (Å²) in [5.74, 6) is 0.140. The normalized spacial score (nSPS) is 9.45. The number of halogens is 2. The van der Waals surface area contributed by atoms with Crippen LogP contribution in [0.2, 0.25) is 5.02 Å². The average molecular weight is 313 g/mol. The molecule has 3 nitrogen and oxygen atoms in total. The van der Waals surface area contributed by atoms with E-state index in [0.29, 0.717) is 21.9 Å². The van der Waals surface area contributed by atoms with Gasteiger partial charge in [-0.3, -0.25) is 0 Å².